The monoisotopic (exact) mass is 483 g/mol. The van der Waals surface area contributed by atoms with Crippen LogP contribution in [0.2, 0.25) is 0 Å². The second-order valence-electron chi connectivity index (χ2n) is 8.50. The summed E-state index contributed by atoms with van der Waals surface area (Å²) in [5.41, 5.74) is 5.05. The van der Waals surface area contributed by atoms with Crippen molar-refractivity contribution in [3.05, 3.63) is 120 Å². The molecule has 6 nitrogen and oxygen atoms in total. The highest BCUT2D eigenvalue weighted by Gasteiger charge is 2.30. The lowest BCUT2D eigenvalue weighted by molar-refractivity contribution is 0.482. The van der Waals surface area contributed by atoms with Gasteiger partial charge in [0.25, 0.3) is 0 Å². The van der Waals surface area contributed by atoms with E-state index in [4.69, 9.17) is 15.0 Å². The molecule has 1 atom stereocenters. The molecule has 0 aromatic heterocycles. The maximum Gasteiger partial charge on any atom is 0.238 e. The molecule has 0 aliphatic carbocycles. The van der Waals surface area contributed by atoms with Crippen LogP contribution in [-0.2, 0) is 10.0 Å². The molecule has 1 aliphatic heterocycles. The summed E-state index contributed by atoms with van der Waals surface area (Å²) in [7, 11) is -3.76. The Bertz CT molecular complexity index is 1470. The molecule has 5 rings (SSSR count). The second-order valence-corrected chi connectivity index (χ2v) is 10.1. The predicted molar refractivity (Wildman–Crippen MR) is 138 cm³/mol. The number of primary sulfonamides is 1. The maximum atomic E-state index is 11.7. The van der Waals surface area contributed by atoms with Gasteiger partial charge in [0, 0.05) is 6.42 Å². The molecule has 4 aromatic rings. The van der Waals surface area contributed by atoms with Crippen LogP contribution in [0.1, 0.15) is 29.2 Å². The minimum Gasteiger partial charge on any atom is -0.457 e. The van der Waals surface area contributed by atoms with Gasteiger partial charge in [-0.2, -0.15) is 5.10 Å². The molecule has 0 fully saturated rings. The lowest BCUT2D eigenvalue weighted by Gasteiger charge is -2.24. The highest BCUT2D eigenvalue weighted by molar-refractivity contribution is 7.89. The number of aryl methyl sites for hydroxylation is 1. The fourth-order valence-corrected chi connectivity index (χ4v) is 4.70. The first-order chi connectivity index (χ1) is 16.9. The number of anilines is 1. The van der Waals surface area contributed by atoms with Gasteiger partial charge in [-0.3, -0.25) is 5.01 Å². The maximum absolute atomic E-state index is 11.7. The number of ether oxygens (including phenoxy) is 1. The van der Waals surface area contributed by atoms with Gasteiger partial charge in [-0.1, -0.05) is 48.0 Å². The molecular formula is C28H25N3O3S. The molecule has 35 heavy (non-hydrogen) atoms. The van der Waals surface area contributed by atoms with Crippen LogP contribution < -0.4 is 14.9 Å². The van der Waals surface area contributed by atoms with Crippen molar-refractivity contribution < 1.29 is 13.2 Å². The zero-order valence-corrected chi connectivity index (χ0v) is 20.0. The Hall–Kier alpha value is -3.94. The zero-order chi connectivity index (χ0) is 24.4. The number of para-hydroxylation sites is 1. The van der Waals surface area contributed by atoms with Crippen molar-refractivity contribution in [1.82, 2.24) is 0 Å². The standard InChI is InChI=1S/C28H25N3O3S/c1-20-6-5-7-22(18-20)28-19-27(30-31(28)23-12-16-26(17-13-23)35(29,32)33)21-10-14-25(15-11-21)34-24-8-3-2-4-9-24/h2-18,28H,19H2,1H3,(H2,29,32,33). The van der Waals surface area contributed by atoms with Crippen LogP contribution in [0.5, 0.6) is 11.5 Å². The van der Waals surface area contributed by atoms with Crippen molar-refractivity contribution in [1.29, 1.82) is 0 Å². The number of hydrogen-bond acceptors (Lipinski definition) is 5. The van der Waals surface area contributed by atoms with Gasteiger partial charge in [-0.15, -0.1) is 0 Å². The molecular weight excluding hydrogens is 458 g/mol. The van der Waals surface area contributed by atoms with Crippen molar-refractivity contribution in [3.8, 4) is 11.5 Å². The van der Waals surface area contributed by atoms with Gasteiger partial charge in [-0.25, -0.2) is 13.6 Å². The largest absolute Gasteiger partial charge is 0.457 e. The molecule has 1 aliphatic rings. The molecule has 7 heteroatoms. The molecule has 0 saturated heterocycles. The van der Waals surface area contributed by atoms with E-state index in [-0.39, 0.29) is 10.9 Å². The average molecular weight is 484 g/mol. The van der Waals surface area contributed by atoms with Crippen molar-refractivity contribution >= 4 is 21.4 Å². The molecule has 1 unspecified atom stereocenters. The predicted octanol–water partition coefficient (Wildman–Crippen LogP) is 5.79. The van der Waals surface area contributed by atoms with E-state index in [0.29, 0.717) is 6.42 Å². The number of hydrogen-bond donors (Lipinski definition) is 1. The smallest absolute Gasteiger partial charge is 0.238 e. The van der Waals surface area contributed by atoms with Crippen molar-refractivity contribution in [2.45, 2.75) is 24.3 Å². The van der Waals surface area contributed by atoms with Gasteiger partial charge >= 0.3 is 0 Å². The summed E-state index contributed by atoms with van der Waals surface area (Å²) in [6.45, 7) is 2.07. The summed E-state index contributed by atoms with van der Waals surface area (Å²) in [4.78, 5) is 0.0748. The average Bonchev–Trinajstić information content (AvgIpc) is 3.30. The fourth-order valence-electron chi connectivity index (χ4n) is 4.19. The molecule has 176 valence electrons. The van der Waals surface area contributed by atoms with Crippen LogP contribution in [0.15, 0.2) is 113 Å². The molecule has 0 bridgehead atoms. The van der Waals surface area contributed by atoms with Crippen LogP contribution >= 0.6 is 0 Å². The Morgan fingerprint density at radius 1 is 0.857 bits per heavy atom. The number of sulfonamides is 1. The van der Waals surface area contributed by atoms with Crippen LogP contribution in [-0.4, -0.2) is 14.1 Å². The molecule has 0 amide bonds. The summed E-state index contributed by atoms with van der Waals surface area (Å²) < 4.78 is 29.3. The Labute approximate surface area is 205 Å². The van der Waals surface area contributed by atoms with Gasteiger partial charge in [0.1, 0.15) is 11.5 Å². The van der Waals surface area contributed by atoms with E-state index in [1.165, 1.54) is 17.7 Å². The molecule has 0 spiro atoms. The van der Waals surface area contributed by atoms with E-state index in [0.717, 1.165) is 34.0 Å². The third kappa shape index (κ3) is 5.11. The highest BCUT2D eigenvalue weighted by Crippen LogP contribution is 2.37. The van der Waals surface area contributed by atoms with Crippen molar-refractivity contribution in [3.63, 3.8) is 0 Å². The van der Waals surface area contributed by atoms with Gasteiger partial charge in [0.05, 0.1) is 22.3 Å². The Balaban J connectivity index is 1.46. The molecule has 0 radical (unpaired) electrons. The van der Waals surface area contributed by atoms with E-state index >= 15 is 0 Å². The van der Waals surface area contributed by atoms with Crippen LogP contribution in [0.4, 0.5) is 5.69 Å². The Kier molecular flexibility index (Phi) is 6.11. The minimum absolute atomic E-state index is 0.0227. The first-order valence-electron chi connectivity index (χ1n) is 11.3. The van der Waals surface area contributed by atoms with Crippen LogP contribution in [0.3, 0.4) is 0 Å². The van der Waals surface area contributed by atoms with E-state index < -0.39 is 10.0 Å². The van der Waals surface area contributed by atoms with Crippen LogP contribution in [0, 0.1) is 6.92 Å². The van der Waals surface area contributed by atoms with E-state index in [2.05, 4.69) is 25.1 Å². The number of nitrogens with two attached hydrogens (primary N) is 1. The van der Waals surface area contributed by atoms with E-state index in [1.807, 2.05) is 65.7 Å². The summed E-state index contributed by atoms with van der Waals surface area (Å²) in [6, 6.07) is 32.4. The summed E-state index contributed by atoms with van der Waals surface area (Å²) in [6.07, 6.45) is 0.708. The molecule has 4 aromatic carbocycles. The quantitative estimate of drug-likeness (QED) is 0.376. The highest BCUT2D eigenvalue weighted by atomic mass is 32.2. The molecule has 0 saturated carbocycles. The number of benzene rings is 4. The van der Waals surface area contributed by atoms with Crippen LogP contribution in [0.25, 0.3) is 0 Å². The van der Waals surface area contributed by atoms with Gasteiger partial charge in [0.15, 0.2) is 0 Å². The number of rotatable bonds is 6. The fraction of sp³-hybridized carbons (Fsp3) is 0.107. The third-order valence-electron chi connectivity index (χ3n) is 5.93. The minimum atomic E-state index is -3.76. The lowest BCUT2D eigenvalue weighted by Crippen LogP contribution is -2.19. The number of hydrazone groups is 1. The lowest BCUT2D eigenvalue weighted by atomic mass is 9.97. The van der Waals surface area contributed by atoms with Gasteiger partial charge < -0.3 is 4.74 Å². The molecule has 2 N–H and O–H groups in total. The first-order valence-corrected chi connectivity index (χ1v) is 12.8. The second kappa shape index (κ2) is 9.37. The van der Waals surface area contributed by atoms with Gasteiger partial charge in [-0.05, 0) is 78.7 Å². The Morgan fingerprint density at radius 2 is 1.54 bits per heavy atom. The summed E-state index contributed by atoms with van der Waals surface area (Å²) >= 11 is 0. The Morgan fingerprint density at radius 3 is 2.20 bits per heavy atom. The summed E-state index contributed by atoms with van der Waals surface area (Å²) in [5.74, 6) is 1.54. The number of nitrogens with zero attached hydrogens (tertiary/aromatic N) is 2. The van der Waals surface area contributed by atoms with E-state index in [1.54, 1.807) is 12.1 Å². The van der Waals surface area contributed by atoms with E-state index in [9.17, 15) is 8.42 Å². The topological polar surface area (TPSA) is 85.0 Å². The normalized spacial score (nSPS) is 15.7. The van der Waals surface area contributed by atoms with Crippen molar-refractivity contribution in [2.75, 3.05) is 5.01 Å². The first kappa shape index (κ1) is 22.8. The zero-order valence-electron chi connectivity index (χ0n) is 19.2. The summed E-state index contributed by atoms with van der Waals surface area (Å²) in [5, 5.41) is 12.2. The SMILES string of the molecule is Cc1cccc(C2CC(c3ccc(Oc4ccccc4)cc3)=NN2c2ccc(S(N)(=O)=O)cc2)c1. The third-order valence-corrected chi connectivity index (χ3v) is 6.86. The van der Waals surface area contributed by atoms with Gasteiger partial charge in [0.2, 0.25) is 10.0 Å². The van der Waals surface area contributed by atoms with Crippen molar-refractivity contribution in [2.24, 2.45) is 10.2 Å². The molecule has 1 heterocycles.